The van der Waals surface area contributed by atoms with E-state index < -0.39 is 5.91 Å². The van der Waals surface area contributed by atoms with Gasteiger partial charge in [-0.15, -0.1) is 0 Å². The van der Waals surface area contributed by atoms with Crippen LogP contribution in [0.3, 0.4) is 0 Å². The van der Waals surface area contributed by atoms with Crippen molar-refractivity contribution >= 4 is 28.5 Å². The zero-order valence-corrected chi connectivity index (χ0v) is 13.8. The van der Waals surface area contributed by atoms with Gasteiger partial charge in [0.1, 0.15) is 0 Å². The fourth-order valence-electron chi connectivity index (χ4n) is 2.44. The summed E-state index contributed by atoms with van der Waals surface area (Å²) in [6, 6.07) is 13.7. The topological polar surface area (TPSA) is 87.3 Å². The van der Waals surface area contributed by atoms with Crippen LogP contribution in [-0.4, -0.2) is 30.8 Å². The molecule has 126 valence electrons. The molecule has 0 bridgehead atoms. The van der Waals surface area contributed by atoms with Crippen LogP contribution in [0.25, 0.3) is 10.8 Å². The highest BCUT2D eigenvalue weighted by Crippen LogP contribution is 2.23. The highest BCUT2D eigenvalue weighted by atomic mass is 16.2. The predicted molar refractivity (Wildman–Crippen MR) is 92.2 cm³/mol. The van der Waals surface area contributed by atoms with Crippen molar-refractivity contribution in [3.05, 3.63) is 48.0 Å². The summed E-state index contributed by atoms with van der Waals surface area (Å²) in [6.45, 7) is 2.96. The van der Waals surface area contributed by atoms with E-state index in [0.717, 1.165) is 16.3 Å². The highest BCUT2D eigenvalue weighted by molar-refractivity contribution is 5.89. The minimum atomic E-state index is -0.404. The molecule has 0 saturated heterocycles. The number of carbonyl (C=O) groups is 3. The zero-order chi connectivity index (χ0) is 17.5. The zero-order valence-electron chi connectivity index (χ0n) is 13.8. The van der Waals surface area contributed by atoms with Gasteiger partial charge in [-0.2, -0.15) is 0 Å². The van der Waals surface area contributed by atoms with Gasteiger partial charge in [-0.1, -0.05) is 42.5 Å². The van der Waals surface area contributed by atoms with E-state index in [1.54, 1.807) is 0 Å². The summed E-state index contributed by atoms with van der Waals surface area (Å²) in [7, 11) is 0. The monoisotopic (exact) mass is 327 g/mol. The van der Waals surface area contributed by atoms with Crippen LogP contribution in [0.2, 0.25) is 0 Å². The van der Waals surface area contributed by atoms with Gasteiger partial charge in [-0.3, -0.25) is 14.4 Å². The lowest BCUT2D eigenvalue weighted by Gasteiger charge is -2.17. The average molecular weight is 327 g/mol. The Bertz CT molecular complexity index is 753. The number of hydrogen-bond donors (Lipinski definition) is 3. The van der Waals surface area contributed by atoms with Crippen LogP contribution in [0, 0.1) is 0 Å². The lowest BCUT2D eigenvalue weighted by atomic mass is 10.00. The molecule has 0 aliphatic carbocycles. The summed E-state index contributed by atoms with van der Waals surface area (Å²) in [5, 5.41) is 9.90. The molecule has 1 atom stereocenters. The van der Waals surface area contributed by atoms with E-state index in [9.17, 15) is 14.4 Å². The van der Waals surface area contributed by atoms with Gasteiger partial charge >= 0.3 is 0 Å². The van der Waals surface area contributed by atoms with Crippen molar-refractivity contribution in [1.82, 2.24) is 16.0 Å². The van der Waals surface area contributed by atoms with E-state index in [1.165, 1.54) is 6.92 Å². The van der Waals surface area contributed by atoms with Crippen LogP contribution in [0.5, 0.6) is 0 Å². The van der Waals surface area contributed by atoms with Gasteiger partial charge in [-0.25, -0.2) is 0 Å². The van der Waals surface area contributed by atoms with Crippen LogP contribution >= 0.6 is 0 Å². The Morgan fingerprint density at radius 2 is 1.58 bits per heavy atom. The van der Waals surface area contributed by atoms with E-state index in [-0.39, 0.29) is 30.9 Å². The van der Waals surface area contributed by atoms with Crippen molar-refractivity contribution in [2.24, 2.45) is 0 Å². The van der Waals surface area contributed by atoms with E-state index in [4.69, 9.17) is 0 Å². The van der Waals surface area contributed by atoms with Gasteiger partial charge in [0.15, 0.2) is 0 Å². The molecule has 3 amide bonds. The van der Waals surface area contributed by atoms with Crippen LogP contribution < -0.4 is 16.0 Å². The van der Waals surface area contributed by atoms with Gasteiger partial charge in [0.05, 0.1) is 19.1 Å². The Labute approximate surface area is 140 Å². The quantitative estimate of drug-likeness (QED) is 0.747. The number of carbonyl (C=O) groups excluding carboxylic acids is 3. The molecule has 0 spiro atoms. The lowest BCUT2D eigenvalue weighted by Crippen LogP contribution is -2.42. The standard InChI is InChI=1S/C18H21N3O3/c1-12(15-9-5-7-14-6-3-4-8-16(14)15)21-18(24)11-20-17(23)10-19-13(2)22/h3-9,12H,10-11H2,1-2H3,(H,19,22)(H,20,23)(H,21,24). The molecule has 0 aromatic heterocycles. The summed E-state index contributed by atoms with van der Waals surface area (Å²) in [5.41, 5.74) is 1.02. The SMILES string of the molecule is CC(=O)NCC(=O)NCC(=O)NC(C)c1cccc2ccccc12. The number of amides is 3. The normalized spacial score (nSPS) is 11.6. The molecule has 0 fully saturated rings. The maximum Gasteiger partial charge on any atom is 0.239 e. The highest BCUT2D eigenvalue weighted by Gasteiger charge is 2.13. The van der Waals surface area contributed by atoms with Crippen molar-refractivity contribution in [2.45, 2.75) is 19.9 Å². The van der Waals surface area contributed by atoms with E-state index >= 15 is 0 Å². The molecule has 2 aromatic carbocycles. The Morgan fingerprint density at radius 1 is 0.917 bits per heavy atom. The van der Waals surface area contributed by atoms with Crippen LogP contribution in [-0.2, 0) is 14.4 Å². The summed E-state index contributed by atoms with van der Waals surface area (Å²) >= 11 is 0. The van der Waals surface area contributed by atoms with E-state index in [1.807, 2.05) is 49.4 Å². The third kappa shape index (κ3) is 4.81. The maximum absolute atomic E-state index is 12.0. The summed E-state index contributed by atoms with van der Waals surface area (Å²) < 4.78 is 0. The van der Waals surface area contributed by atoms with Crippen molar-refractivity contribution in [3.63, 3.8) is 0 Å². The molecule has 0 aliphatic rings. The number of rotatable bonds is 6. The van der Waals surface area contributed by atoms with Crippen LogP contribution in [0.4, 0.5) is 0 Å². The first-order valence-electron chi connectivity index (χ1n) is 7.75. The molecule has 24 heavy (non-hydrogen) atoms. The van der Waals surface area contributed by atoms with Crippen LogP contribution in [0.15, 0.2) is 42.5 Å². The fraction of sp³-hybridized carbons (Fsp3) is 0.278. The number of fused-ring (bicyclic) bond motifs is 1. The second-order valence-electron chi connectivity index (χ2n) is 5.54. The molecule has 0 aliphatic heterocycles. The minimum absolute atomic E-state index is 0.131. The molecule has 3 N–H and O–H groups in total. The molecular formula is C18H21N3O3. The van der Waals surface area contributed by atoms with Crippen LogP contribution in [0.1, 0.15) is 25.5 Å². The van der Waals surface area contributed by atoms with E-state index in [0.29, 0.717) is 0 Å². The van der Waals surface area contributed by atoms with Crippen molar-refractivity contribution in [1.29, 1.82) is 0 Å². The van der Waals surface area contributed by atoms with Gasteiger partial charge < -0.3 is 16.0 Å². The molecule has 0 radical (unpaired) electrons. The molecule has 1 unspecified atom stereocenters. The van der Waals surface area contributed by atoms with E-state index in [2.05, 4.69) is 16.0 Å². The second-order valence-corrected chi connectivity index (χ2v) is 5.54. The first kappa shape index (κ1) is 17.5. The smallest absolute Gasteiger partial charge is 0.239 e. The summed E-state index contributed by atoms with van der Waals surface area (Å²) in [4.78, 5) is 34.2. The third-order valence-corrected chi connectivity index (χ3v) is 3.61. The van der Waals surface area contributed by atoms with Gasteiger partial charge in [0, 0.05) is 6.92 Å². The molecule has 0 saturated carbocycles. The number of nitrogens with one attached hydrogen (secondary N) is 3. The lowest BCUT2D eigenvalue weighted by molar-refractivity contribution is -0.127. The fourth-order valence-corrected chi connectivity index (χ4v) is 2.44. The van der Waals surface area contributed by atoms with Gasteiger partial charge in [0.2, 0.25) is 17.7 Å². The van der Waals surface area contributed by atoms with Crippen molar-refractivity contribution < 1.29 is 14.4 Å². The third-order valence-electron chi connectivity index (χ3n) is 3.61. The molecule has 2 aromatic rings. The minimum Gasteiger partial charge on any atom is -0.348 e. The number of benzene rings is 2. The summed E-state index contributed by atoms with van der Waals surface area (Å²) in [5.74, 6) is -0.982. The largest absolute Gasteiger partial charge is 0.348 e. The Morgan fingerprint density at radius 3 is 2.33 bits per heavy atom. The average Bonchev–Trinajstić information content (AvgIpc) is 2.57. The molecular weight excluding hydrogens is 306 g/mol. The Hall–Kier alpha value is -2.89. The second kappa shape index (κ2) is 8.10. The first-order valence-corrected chi connectivity index (χ1v) is 7.75. The number of hydrogen-bond acceptors (Lipinski definition) is 3. The van der Waals surface area contributed by atoms with Gasteiger partial charge in [-0.05, 0) is 23.3 Å². The van der Waals surface area contributed by atoms with Crippen molar-refractivity contribution in [3.8, 4) is 0 Å². The molecule has 0 heterocycles. The summed E-state index contributed by atoms with van der Waals surface area (Å²) in [6.07, 6.45) is 0. The molecule has 6 heteroatoms. The Kier molecular flexibility index (Phi) is 5.89. The molecule has 2 rings (SSSR count). The molecule has 6 nitrogen and oxygen atoms in total. The van der Waals surface area contributed by atoms with Gasteiger partial charge in [0.25, 0.3) is 0 Å². The van der Waals surface area contributed by atoms with Crippen molar-refractivity contribution in [2.75, 3.05) is 13.1 Å². The Balaban J connectivity index is 1.91. The maximum atomic E-state index is 12.0. The predicted octanol–water partition coefficient (Wildman–Crippen LogP) is 1.27. The first-order chi connectivity index (χ1) is 11.5.